The molecule has 5 nitrogen and oxygen atoms in total. The number of aliphatic imine (C=N–C) groups is 1. The molecular formula is C13H21FN4O. The monoisotopic (exact) mass is 268 g/mol. The third-order valence-corrected chi connectivity index (χ3v) is 2.25. The number of anilines is 1. The maximum atomic E-state index is 13.6. The Morgan fingerprint density at radius 1 is 1.47 bits per heavy atom. The fourth-order valence-electron chi connectivity index (χ4n) is 1.38. The van der Waals surface area contributed by atoms with Gasteiger partial charge in [-0.1, -0.05) is 13.8 Å². The molecule has 0 fully saturated rings. The fourth-order valence-corrected chi connectivity index (χ4v) is 1.38. The predicted octanol–water partition coefficient (Wildman–Crippen LogP) is 2.11. The summed E-state index contributed by atoms with van der Waals surface area (Å²) in [4.78, 5) is 4.24. The average molecular weight is 268 g/mol. The van der Waals surface area contributed by atoms with Crippen LogP contribution in [0.1, 0.15) is 20.8 Å². The Hall–Kier alpha value is -1.82. The quantitative estimate of drug-likeness (QED) is 0.331. The molecule has 0 spiro atoms. The van der Waals surface area contributed by atoms with E-state index in [0.717, 1.165) is 0 Å². The van der Waals surface area contributed by atoms with Crippen LogP contribution in [0.3, 0.4) is 0 Å². The number of nitrogens with two attached hydrogens (primary N) is 1. The number of halogens is 1. The molecular weight excluding hydrogens is 247 g/mol. The van der Waals surface area contributed by atoms with E-state index in [1.807, 2.05) is 13.8 Å². The van der Waals surface area contributed by atoms with Crippen molar-refractivity contribution in [2.75, 3.05) is 18.5 Å². The first-order valence-electron chi connectivity index (χ1n) is 6.27. The Kier molecular flexibility index (Phi) is 6.08. The van der Waals surface area contributed by atoms with Crippen LogP contribution in [-0.4, -0.2) is 19.1 Å². The lowest BCUT2D eigenvalue weighted by Gasteiger charge is -2.11. The molecule has 19 heavy (non-hydrogen) atoms. The first-order valence-corrected chi connectivity index (χ1v) is 6.27. The normalized spacial score (nSPS) is 11.6. The number of nitrogens with one attached hydrogen (secondary N) is 2. The minimum atomic E-state index is -0.424. The van der Waals surface area contributed by atoms with Gasteiger partial charge in [0.25, 0.3) is 0 Å². The van der Waals surface area contributed by atoms with Gasteiger partial charge in [-0.2, -0.15) is 0 Å². The minimum Gasteiger partial charge on any atom is -0.491 e. The fraction of sp³-hybridized carbons (Fsp3) is 0.462. The van der Waals surface area contributed by atoms with Crippen LogP contribution in [0, 0.1) is 11.7 Å². The lowest BCUT2D eigenvalue weighted by molar-refractivity contribution is 0.321. The van der Waals surface area contributed by atoms with Crippen molar-refractivity contribution >= 4 is 11.6 Å². The highest BCUT2D eigenvalue weighted by Crippen LogP contribution is 2.20. The summed E-state index contributed by atoms with van der Waals surface area (Å²) < 4.78 is 18.8. The molecule has 0 aliphatic heterocycles. The summed E-state index contributed by atoms with van der Waals surface area (Å²) in [5.74, 6) is 5.99. The average Bonchev–Trinajstić information content (AvgIpc) is 2.37. The van der Waals surface area contributed by atoms with E-state index in [1.165, 1.54) is 6.07 Å². The predicted molar refractivity (Wildman–Crippen MR) is 75.7 cm³/mol. The molecule has 0 aromatic heterocycles. The number of hydrogen-bond donors (Lipinski definition) is 3. The van der Waals surface area contributed by atoms with Crippen molar-refractivity contribution in [2.45, 2.75) is 20.8 Å². The van der Waals surface area contributed by atoms with Crippen molar-refractivity contribution < 1.29 is 9.13 Å². The van der Waals surface area contributed by atoms with Gasteiger partial charge in [-0.05, 0) is 25.0 Å². The zero-order valence-electron chi connectivity index (χ0n) is 11.5. The molecule has 0 amide bonds. The first-order chi connectivity index (χ1) is 9.06. The van der Waals surface area contributed by atoms with Gasteiger partial charge in [-0.15, -0.1) is 0 Å². The zero-order chi connectivity index (χ0) is 14.3. The molecule has 106 valence electrons. The smallest absolute Gasteiger partial charge is 0.210 e. The molecule has 4 N–H and O–H groups in total. The van der Waals surface area contributed by atoms with E-state index in [-0.39, 0.29) is 5.75 Å². The molecule has 0 saturated heterocycles. The van der Waals surface area contributed by atoms with Crippen LogP contribution >= 0.6 is 0 Å². The van der Waals surface area contributed by atoms with E-state index in [9.17, 15) is 4.39 Å². The largest absolute Gasteiger partial charge is 0.491 e. The van der Waals surface area contributed by atoms with Gasteiger partial charge in [0.2, 0.25) is 5.96 Å². The van der Waals surface area contributed by atoms with E-state index >= 15 is 0 Å². The van der Waals surface area contributed by atoms with Crippen molar-refractivity contribution in [1.29, 1.82) is 0 Å². The summed E-state index contributed by atoms with van der Waals surface area (Å²) in [6, 6.07) is 4.61. The van der Waals surface area contributed by atoms with Crippen molar-refractivity contribution in [3.8, 4) is 5.75 Å². The van der Waals surface area contributed by atoms with Crippen LogP contribution in [0.5, 0.6) is 5.75 Å². The van der Waals surface area contributed by atoms with Crippen LogP contribution in [0.2, 0.25) is 0 Å². The minimum absolute atomic E-state index is 0.231. The van der Waals surface area contributed by atoms with Crippen LogP contribution in [0.15, 0.2) is 23.2 Å². The molecule has 0 aliphatic rings. The Bertz CT molecular complexity index is 435. The number of ether oxygens (including phenoxy) is 1. The van der Waals surface area contributed by atoms with E-state index in [1.54, 1.807) is 19.1 Å². The van der Waals surface area contributed by atoms with E-state index in [2.05, 4.69) is 15.7 Å². The maximum Gasteiger partial charge on any atom is 0.210 e. The van der Waals surface area contributed by atoms with E-state index in [4.69, 9.17) is 10.6 Å². The summed E-state index contributed by atoms with van der Waals surface area (Å²) in [6.07, 6.45) is 0. The Labute approximate surface area is 113 Å². The topological polar surface area (TPSA) is 71.7 Å². The van der Waals surface area contributed by atoms with Crippen molar-refractivity contribution in [1.82, 2.24) is 5.43 Å². The molecule has 0 heterocycles. The Balaban J connectivity index is 2.75. The van der Waals surface area contributed by atoms with Crippen molar-refractivity contribution in [2.24, 2.45) is 16.8 Å². The molecule has 1 aromatic rings. The number of nitrogens with zero attached hydrogens (tertiary/aromatic N) is 1. The third-order valence-electron chi connectivity index (χ3n) is 2.25. The lowest BCUT2D eigenvalue weighted by atomic mass is 10.2. The number of hydrogen-bond acceptors (Lipinski definition) is 3. The second kappa shape index (κ2) is 7.58. The molecule has 0 atom stereocenters. The number of rotatable bonds is 5. The standard InChI is InChI=1S/C13H21FN4O/c1-4-19-12-6-5-10(7-11(12)14)17-13(18-15)16-8-9(2)3/h5-7,9H,4,8,15H2,1-3H3,(H2,16,17,18). The van der Waals surface area contributed by atoms with Gasteiger partial charge in [0.1, 0.15) is 0 Å². The summed E-state index contributed by atoms with van der Waals surface area (Å²) in [5.41, 5.74) is 3.01. The summed E-state index contributed by atoms with van der Waals surface area (Å²) in [5, 5.41) is 2.91. The third kappa shape index (κ3) is 5.13. The molecule has 0 aliphatic carbocycles. The zero-order valence-corrected chi connectivity index (χ0v) is 11.5. The lowest BCUT2D eigenvalue weighted by Crippen LogP contribution is -2.36. The highest BCUT2D eigenvalue weighted by molar-refractivity contribution is 5.93. The highest BCUT2D eigenvalue weighted by Gasteiger charge is 2.05. The van der Waals surface area contributed by atoms with Crippen molar-refractivity contribution in [3.63, 3.8) is 0 Å². The van der Waals surface area contributed by atoms with Gasteiger partial charge >= 0.3 is 0 Å². The Morgan fingerprint density at radius 2 is 2.21 bits per heavy atom. The van der Waals surface area contributed by atoms with Gasteiger partial charge in [-0.25, -0.2) is 10.2 Å². The van der Waals surface area contributed by atoms with Gasteiger partial charge in [-0.3, -0.25) is 10.4 Å². The molecule has 0 unspecified atom stereocenters. The van der Waals surface area contributed by atoms with Gasteiger partial charge < -0.3 is 10.1 Å². The second-order valence-corrected chi connectivity index (χ2v) is 4.43. The van der Waals surface area contributed by atoms with Crippen LogP contribution < -0.4 is 21.3 Å². The summed E-state index contributed by atoms with van der Waals surface area (Å²) in [6.45, 7) is 6.96. The molecule has 0 bridgehead atoms. The summed E-state index contributed by atoms with van der Waals surface area (Å²) in [7, 11) is 0. The van der Waals surface area contributed by atoms with E-state index < -0.39 is 5.82 Å². The Morgan fingerprint density at radius 3 is 2.74 bits per heavy atom. The first kappa shape index (κ1) is 15.2. The second-order valence-electron chi connectivity index (χ2n) is 4.43. The van der Waals surface area contributed by atoms with Crippen LogP contribution in [-0.2, 0) is 0 Å². The molecule has 1 rings (SSSR count). The number of hydrazine groups is 1. The highest BCUT2D eigenvalue weighted by atomic mass is 19.1. The van der Waals surface area contributed by atoms with Crippen LogP contribution in [0.25, 0.3) is 0 Å². The van der Waals surface area contributed by atoms with Crippen LogP contribution in [0.4, 0.5) is 10.1 Å². The molecule has 6 heteroatoms. The maximum absolute atomic E-state index is 13.6. The SMILES string of the molecule is CCOc1ccc(NC(=NCC(C)C)NN)cc1F. The summed E-state index contributed by atoms with van der Waals surface area (Å²) >= 11 is 0. The molecule has 0 saturated carbocycles. The number of benzene rings is 1. The van der Waals surface area contributed by atoms with Gasteiger partial charge in [0.15, 0.2) is 11.6 Å². The van der Waals surface area contributed by atoms with Gasteiger partial charge in [0, 0.05) is 18.3 Å². The number of guanidine groups is 1. The van der Waals surface area contributed by atoms with Crippen molar-refractivity contribution in [3.05, 3.63) is 24.0 Å². The van der Waals surface area contributed by atoms with Gasteiger partial charge in [0.05, 0.1) is 6.61 Å². The molecule has 1 aromatic carbocycles. The van der Waals surface area contributed by atoms with E-state index in [0.29, 0.717) is 30.7 Å². The molecule has 0 radical (unpaired) electrons.